The first kappa shape index (κ1) is 19.1. The third-order valence-corrected chi connectivity index (χ3v) is 5.91. The number of aryl methyl sites for hydroxylation is 1. The molecule has 2 heterocycles. The first-order chi connectivity index (χ1) is 15.0. The smallest absolute Gasteiger partial charge is 0.248 e. The van der Waals surface area contributed by atoms with Crippen LogP contribution in [0.3, 0.4) is 0 Å². The van der Waals surface area contributed by atoms with E-state index in [0.717, 1.165) is 35.2 Å². The van der Waals surface area contributed by atoms with Gasteiger partial charge in [0.2, 0.25) is 18.6 Å². The molecule has 1 fully saturated rings. The van der Waals surface area contributed by atoms with Gasteiger partial charge in [0.05, 0.1) is 17.3 Å². The summed E-state index contributed by atoms with van der Waals surface area (Å²) in [6.45, 7) is 2.08. The average molecular weight is 419 g/mol. The molecular formula is C24H25N3O4. The van der Waals surface area contributed by atoms with Crippen molar-refractivity contribution in [2.45, 2.75) is 25.2 Å². The number of nitrogens with one attached hydrogen (secondary N) is 1. The maximum atomic E-state index is 13.2. The van der Waals surface area contributed by atoms with Gasteiger partial charge in [-0.1, -0.05) is 18.2 Å². The van der Waals surface area contributed by atoms with Gasteiger partial charge in [-0.15, -0.1) is 0 Å². The van der Waals surface area contributed by atoms with E-state index in [1.165, 1.54) is 0 Å². The molecular weight excluding hydrogens is 394 g/mol. The van der Waals surface area contributed by atoms with E-state index in [1.54, 1.807) is 24.4 Å². The third kappa shape index (κ3) is 3.38. The maximum Gasteiger partial charge on any atom is 0.248 e. The first-order valence-electron chi connectivity index (χ1n) is 10.0. The van der Waals surface area contributed by atoms with Gasteiger partial charge >= 0.3 is 0 Å². The van der Waals surface area contributed by atoms with Crippen LogP contribution in [0.5, 0.6) is 11.5 Å². The Bertz CT molecular complexity index is 1230. The van der Waals surface area contributed by atoms with Crippen LogP contribution in [0.2, 0.25) is 0 Å². The number of benzene rings is 2. The molecule has 1 aliphatic heterocycles. The third-order valence-electron chi connectivity index (χ3n) is 5.91. The second-order valence-electron chi connectivity index (χ2n) is 7.91. The fourth-order valence-corrected chi connectivity index (χ4v) is 3.95. The van der Waals surface area contributed by atoms with Crippen molar-refractivity contribution in [3.05, 3.63) is 71.5 Å². The number of carbonyl (C=O) groups is 2. The fraction of sp³-hybridized carbons (Fsp3) is 0.208. The highest BCUT2D eigenvalue weighted by atomic mass is 16.7. The summed E-state index contributed by atoms with van der Waals surface area (Å²) >= 11 is 0. The highest BCUT2D eigenvalue weighted by molar-refractivity contribution is 6.02. The van der Waals surface area contributed by atoms with Gasteiger partial charge in [-0.05, 0) is 61.2 Å². The Morgan fingerprint density at radius 1 is 1.10 bits per heavy atom. The Kier molecular flexibility index (Phi) is 4.39. The van der Waals surface area contributed by atoms with Gasteiger partial charge in [0.15, 0.2) is 11.5 Å². The molecule has 2 amide bonds. The molecule has 0 spiro atoms. The molecule has 2 aliphatic rings. The van der Waals surface area contributed by atoms with Crippen molar-refractivity contribution in [2.75, 3.05) is 12.1 Å². The fourth-order valence-electron chi connectivity index (χ4n) is 3.95. The van der Waals surface area contributed by atoms with E-state index >= 15 is 0 Å². The summed E-state index contributed by atoms with van der Waals surface area (Å²) in [5.41, 5.74) is 9.21. The van der Waals surface area contributed by atoms with Crippen LogP contribution in [-0.4, -0.2) is 23.6 Å². The van der Waals surface area contributed by atoms with Crippen molar-refractivity contribution in [2.24, 2.45) is 5.73 Å². The normalized spacial score (nSPS) is 15.4. The Hall–Kier alpha value is -3.87. The average Bonchev–Trinajstić information content (AvgIpc) is 3.46. The number of nitrogens with zero attached hydrogens (tertiary/aromatic N) is 1. The van der Waals surface area contributed by atoms with Gasteiger partial charge in [0.1, 0.15) is 0 Å². The molecule has 0 unspecified atom stereocenters. The minimum absolute atomic E-state index is 0. The molecule has 3 aromatic rings. The number of primary amides is 1. The zero-order valence-corrected chi connectivity index (χ0v) is 17.0. The highest BCUT2D eigenvalue weighted by Crippen LogP contribution is 2.51. The standard InChI is InChI=1S/C24H21N3O4.2H2/c1-14-19(15-3-2-4-16(9-15)22(25)28)11-18(12-26-14)27-23(29)24(7-8-24)17-5-6-20-21(10-17)31-13-30-20;;/h2-6,9-12H,7-8,13H2,1H3,(H2,25,28)(H,27,29);2*1H. The topological polar surface area (TPSA) is 104 Å². The quantitative estimate of drug-likeness (QED) is 0.649. The van der Waals surface area contributed by atoms with Crippen molar-refractivity contribution in [1.82, 2.24) is 4.98 Å². The Labute approximate surface area is 182 Å². The number of amides is 2. The molecule has 1 saturated carbocycles. The summed E-state index contributed by atoms with van der Waals surface area (Å²) in [5, 5.41) is 3.02. The number of rotatable bonds is 5. The minimum Gasteiger partial charge on any atom is -0.454 e. The molecule has 3 N–H and O–H groups in total. The van der Waals surface area contributed by atoms with Crippen LogP contribution in [-0.2, 0) is 10.2 Å². The van der Waals surface area contributed by atoms with Gasteiger partial charge in [-0.2, -0.15) is 0 Å². The molecule has 7 heteroatoms. The summed E-state index contributed by atoms with van der Waals surface area (Å²) in [6.07, 6.45) is 3.18. The summed E-state index contributed by atoms with van der Waals surface area (Å²) in [7, 11) is 0. The maximum absolute atomic E-state index is 13.2. The van der Waals surface area contributed by atoms with E-state index in [0.29, 0.717) is 22.7 Å². The largest absolute Gasteiger partial charge is 0.454 e. The molecule has 0 bridgehead atoms. The molecule has 1 aliphatic carbocycles. The predicted octanol–water partition coefficient (Wildman–Crippen LogP) is 4.05. The zero-order valence-electron chi connectivity index (χ0n) is 17.0. The highest BCUT2D eigenvalue weighted by Gasteiger charge is 2.51. The second kappa shape index (κ2) is 7.12. The number of ether oxygens (including phenoxy) is 2. The van der Waals surface area contributed by atoms with E-state index in [2.05, 4.69) is 10.3 Å². The van der Waals surface area contributed by atoms with Crippen LogP contribution < -0.4 is 20.5 Å². The first-order valence-corrected chi connectivity index (χ1v) is 10.0. The van der Waals surface area contributed by atoms with Crippen molar-refractivity contribution >= 4 is 17.5 Å². The van der Waals surface area contributed by atoms with E-state index in [-0.39, 0.29) is 15.6 Å². The zero-order chi connectivity index (χ0) is 21.6. The lowest BCUT2D eigenvalue weighted by Crippen LogP contribution is -2.27. The monoisotopic (exact) mass is 419 g/mol. The predicted molar refractivity (Wildman–Crippen MR) is 119 cm³/mol. The van der Waals surface area contributed by atoms with Crippen LogP contribution in [0.1, 0.15) is 37.3 Å². The number of pyridine rings is 1. The molecule has 0 atom stereocenters. The van der Waals surface area contributed by atoms with Crippen molar-refractivity contribution in [3.63, 3.8) is 0 Å². The van der Waals surface area contributed by atoms with Crippen molar-refractivity contribution < 1.29 is 21.9 Å². The lowest BCUT2D eigenvalue weighted by Gasteiger charge is -2.17. The van der Waals surface area contributed by atoms with E-state index < -0.39 is 11.3 Å². The number of carbonyl (C=O) groups excluding carboxylic acids is 2. The van der Waals surface area contributed by atoms with Gasteiger partial charge in [0, 0.05) is 19.7 Å². The summed E-state index contributed by atoms with van der Waals surface area (Å²) < 4.78 is 10.8. The van der Waals surface area contributed by atoms with Crippen LogP contribution in [0.15, 0.2) is 54.7 Å². The van der Waals surface area contributed by atoms with E-state index in [9.17, 15) is 9.59 Å². The van der Waals surface area contributed by atoms with Crippen LogP contribution in [0.25, 0.3) is 11.1 Å². The van der Waals surface area contributed by atoms with Crippen LogP contribution in [0.4, 0.5) is 5.69 Å². The van der Waals surface area contributed by atoms with Crippen molar-refractivity contribution in [3.8, 4) is 22.6 Å². The van der Waals surface area contributed by atoms with Gasteiger partial charge < -0.3 is 20.5 Å². The number of fused-ring (bicyclic) bond motifs is 1. The number of hydrogen-bond acceptors (Lipinski definition) is 5. The second-order valence-corrected chi connectivity index (χ2v) is 7.91. The minimum atomic E-state index is -0.572. The molecule has 160 valence electrons. The lowest BCUT2D eigenvalue weighted by molar-refractivity contribution is -0.118. The Morgan fingerprint density at radius 2 is 1.90 bits per heavy atom. The number of anilines is 1. The SMILES string of the molecule is Cc1ncc(NC(=O)C2(c3ccc4c(c3)OCO4)CC2)cc1-c1cccc(C(N)=O)c1.[HH].[HH]. The summed E-state index contributed by atoms with van der Waals surface area (Å²) in [5.74, 6) is 0.806. The molecule has 31 heavy (non-hydrogen) atoms. The van der Waals surface area contributed by atoms with Gasteiger partial charge in [0.25, 0.3) is 0 Å². The molecule has 1 aromatic heterocycles. The lowest BCUT2D eigenvalue weighted by atomic mass is 9.94. The van der Waals surface area contributed by atoms with Crippen LogP contribution >= 0.6 is 0 Å². The number of nitrogens with two attached hydrogens (primary N) is 1. The van der Waals surface area contributed by atoms with E-state index in [1.807, 2.05) is 37.3 Å². The Morgan fingerprint density at radius 3 is 2.68 bits per heavy atom. The number of hydrogen-bond donors (Lipinski definition) is 2. The summed E-state index contributed by atoms with van der Waals surface area (Å²) in [6, 6.07) is 14.6. The molecule has 7 nitrogen and oxygen atoms in total. The van der Waals surface area contributed by atoms with Gasteiger partial charge in [-0.25, -0.2) is 0 Å². The van der Waals surface area contributed by atoms with Crippen molar-refractivity contribution in [1.29, 1.82) is 0 Å². The van der Waals surface area contributed by atoms with Gasteiger partial charge in [-0.3, -0.25) is 14.6 Å². The summed E-state index contributed by atoms with van der Waals surface area (Å²) in [4.78, 5) is 29.2. The molecule has 0 radical (unpaired) electrons. The van der Waals surface area contributed by atoms with Crippen LogP contribution in [0, 0.1) is 6.92 Å². The molecule has 0 saturated heterocycles. The Balaban J connectivity index is 0.00000153. The number of aromatic nitrogens is 1. The molecule has 2 aromatic carbocycles. The molecule has 5 rings (SSSR count). The van der Waals surface area contributed by atoms with E-state index in [4.69, 9.17) is 15.2 Å².